The van der Waals surface area contributed by atoms with Gasteiger partial charge in [0.1, 0.15) is 6.04 Å². The van der Waals surface area contributed by atoms with Crippen molar-refractivity contribution >= 4 is 5.91 Å². The predicted molar refractivity (Wildman–Crippen MR) is 110 cm³/mol. The van der Waals surface area contributed by atoms with Crippen molar-refractivity contribution in [2.24, 2.45) is 0 Å². The van der Waals surface area contributed by atoms with Crippen LogP contribution in [0.1, 0.15) is 17.0 Å². The highest BCUT2D eigenvalue weighted by atomic mass is 16.3. The maximum absolute atomic E-state index is 12.9. The van der Waals surface area contributed by atoms with Crippen molar-refractivity contribution in [3.63, 3.8) is 0 Å². The van der Waals surface area contributed by atoms with Crippen LogP contribution < -0.4 is 0 Å². The third-order valence-corrected chi connectivity index (χ3v) is 5.53. The van der Waals surface area contributed by atoms with E-state index >= 15 is 0 Å². The molecule has 3 aromatic rings. The van der Waals surface area contributed by atoms with Gasteiger partial charge in [-0.25, -0.2) is 0 Å². The number of aliphatic hydroxyl groups is 1. The van der Waals surface area contributed by atoms with E-state index in [4.69, 9.17) is 0 Å². The van der Waals surface area contributed by atoms with Crippen molar-refractivity contribution in [2.45, 2.75) is 24.4 Å². The Labute approximate surface area is 169 Å². The fourth-order valence-electron chi connectivity index (χ4n) is 4.16. The molecular formula is C24H21N3O2. The molecule has 29 heavy (non-hydrogen) atoms. The molecule has 5 heteroatoms. The highest BCUT2D eigenvalue weighted by molar-refractivity contribution is 5.82. The third-order valence-electron chi connectivity index (χ3n) is 5.53. The van der Waals surface area contributed by atoms with Gasteiger partial charge in [-0.2, -0.15) is 5.26 Å². The molecule has 2 aromatic carbocycles. The van der Waals surface area contributed by atoms with Crippen LogP contribution in [0.3, 0.4) is 0 Å². The van der Waals surface area contributed by atoms with Crippen LogP contribution in [0.15, 0.2) is 79.1 Å². The molecule has 3 atom stereocenters. The minimum atomic E-state index is -0.605. The van der Waals surface area contributed by atoms with Crippen LogP contribution in [-0.4, -0.2) is 39.6 Å². The van der Waals surface area contributed by atoms with Gasteiger partial charge in [-0.05, 0) is 34.4 Å². The number of pyridine rings is 1. The summed E-state index contributed by atoms with van der Waals surface area (Å²) in [6, 6.07) is 22.7. The van der Waals surface area contributed by atoms with E-state index in [-0.39, 0.29) is 24.9 Å². The summed E-state index contributed by atoms with van der Waals surface area (Å²) in [7, 11) is 0. The monoisotopic (exact) mass is 383 g/mol. The Balaban J connectivity index is 1.65. The Morgan fingerprint density at radius 3 is 2.41 bits per heavy atom. The Bertz CT molecular complexity index is 1030. The molecule has 0 bridgehead atoms. The molecule has 1 aliphatic rings. The van der Waals surface area contributed by atoms with E-state index in [0.717, 1.165) is 22.3 Å². The smallest absolute Gasteiger partial charge is 0.228 e. The number of aromatic nitrogens is 1. The summed E-state index contributed by atoms with van der Waals surface area (Å²) >= 11 is 0. The number of hydrogen-bond acceptors (Lipinski definition) is 4. The van der Waals surface area contributed by atoms with Crippen LogP contribution in [-0.2, 0) is 11.2 Å². The van der Waals surface area contributed by atoms with Crippen LogP contribution in [0.25, 0.3) is 11.1 Å². The number of hydrogen-bond donors (Lipinski definition) is 1. The Morgan fingerprint density at radius 1 is 1.03 bits per heavy atom. The molecule has 1 fully saturated rings. The van der Waals surface area contributed by atoms with Crippen molar-refractivity contribution in [3.8, 4) is 17.2 Å². The van der Waals surface area contributed by atoms with Gasteiger partial charge >= 0.3 is 0 Å². The Morgan fingerprint density at radius 2 is 1.72 bits per heavy atom. The van der Waals surface area contributed by atoms with E-state index in [1.165, 1.54) is 4.90 Å². The average molecular weight is 383 g/mol. The van der Waals surface area contributed by atoms with Gasteiger partial charge in [0.15, 0.2) is 0 Å². The first-order valence-corrected chi connectivity index (χ1v) is 9.59. The fraction of sp³-hybridized carbons (Fsp3) is 0.208. The van der Waals surface area contributed by atoms with Crippen molar-refractivity contribution in [2.75, 3.05) is 6.61 Å². The molecule has 1 amide bonds. The van der Waals surface area contributed by atoms with Crippen LogP contribution in [0.2, 0.25) is 0 Å². The van der Waals surface area contributed by atoms with E-state index in [2.05, 4.69) is 11.1 Å². The number of likely N-dealkylation sites (tertiary alicyclic amines) is 1. The van der Waals surface area contributed by atoms with E-state index in [1.54, 1.807) is 24.5 Å². The topological polar surface area (TPSA) is 77.2 Å². The number of carbonyl (C=O) groups is 1. The van der Waals surface area contributed by atoms with Gasteiger partial charge in [0.2, 0.25) is 5.91 Å². The summed E-state index contributed by atoms with van der Waals surface area (Å²) in [4.78, 5) is 18.4. The lowest BCUT2D eigenvalue weighted by atomic mass is 9.73. The molecule has 2 heterocycles. The summed E-state index contributed by atoms with van der Waals surface area (Å²) < 4.78 is 0. The average Bonchev–Trinajstić information content (AvgIpc) is 2.75. The van der Waals surface area contributed by atoms with Crippen molar-refractivity contribution in [1.29, 1.82) is 5.26 Å². The quantitative estimate of drug-likeness (QED) is 0.734. The highest BCUT2D eigenvalue weighted by Crippen LogP contribution is 2.44. The van der Waals surface area contributed by atoms with Crippen LogP contribution >= 0.6 is 0 Å². The Kier molecular flexibility index (Phi) is 5.37. The first-order valence-electron chi connectivity index (χ1n) is 9.59. The first kappa shape index (κ1) is 18.9. The molecule has 0 saturated carbocycles. The SMILES string of the molecule is N#C[C@H]1[C@H](c2ccccc2-c2ccccc2)[C@@H](CO)N1C(=O)Cc1ccncc1. The number of benzene rings is 2. The second-order valence-electron chi connectivity index (χ2n) is 7.14. The number of aliphatic hydroxyl groups excluding tert-OH is 1. The molecule has 0 radical (unpaired) electrons. The van der Waals surface area contributed by atoms with E-state index in [0.29, 0.717) is 0 Å². The molecule has 5 nitrogen and oxygen atoms in total. The normalized spacial score (nSPS) is 20.6. The molecule has 0 spiro atoms. The molecule has 1 saturated heterocycles. The van der Waals surface area contributed by atoms with Crippen LogP contribution in [0.5, 0.6) is 0 Å². The van der Waals surface area contributed by atoms with Crippen LogP contribution in [0.4, 0.5) is 0 Å². The number of rotatable bonds is 5. The zero-order valence-electron chi connectivity index (χ0n) is 15.8. The molecule has 1 aromatic heterocycles. The van der Waals surface area contributed by atoms with Gasteiger partial charge in [0.05, 0.1) is 25.1 Å². The summed E-state index contributed by atoms with van der Waals surface area (Å²) in [5.74, 6) is -0.391. The second-order valence-corrected chi connectivity index (χ2v) is 7.14. The summed E-state index contributed by atoms with van der Waals surface area (Å²) in [6.07, 6.45) is 3.47. The zero-order valence-corrected chi connectivity index (χ0v) is 15.8. The highest BCUT2D eigenvalue weighted by Gasteiger charge is 2.51. The van der Waals surface area contributed by atoms with Gasteiger partial charge < -0.3 is 10.0 Å². The predicted octanol–water partition coefficient (Wildman–Crippen LogP) is 3.17. The minimum absolute atomic E-state index is 0.157. The second kappa shape index (κ2) is 8.26. The van der Waals surface area contributed by atoms with Gasteiger partial charge in [0.25, 0.3) is 0 Å². The summed E-state index contributed by atoms with van der Waals surface area (Å²) in [5.41, 5.74) is 3.90. The van der Waals surface area contributed by atoms with Crippen molar-refractivity contribution in [1.82, 2.24) is 9.88 Å². The van der Waals surface area contributed by atoms with E-state index in [9.17, 15) is 15.2 Å². The number of amides is 1. The zero-order chi connectivity index (χ0) is 20.2. The lowest BCUT2D eigenvalue weighted by Crippen LogP contribution is -2.65. The van der Waals surface area contributed by atoms with E-state index in [1.807, 2.05) is 54.6 Å². The molecule has 0 unspecified atom stereocenters. The molecule has 0 aliphatic carbocycles. The third kappa shape index (κ3) is 3.51. The molecule has 144 valence electrons. The fourth-order valence-corrected chi connectivity index (χ4v) is 4.16. The Hall–Kier alpha value is -3.49. The summed E-state index contributed by atoms with van der Waals surface area (Å²) in [5, 5.41) is 19.9. The largest absolute Gasteiger partial charge is 0.394 e. The van der Waals surface area contributed by atoms with Gasteiger partial charge in [-0.15, -0.1) is 0 Å². The van der Waals surface area contributed by atoms with Gasteiger partial charge in [-0.1, -0.05) is 54.6 Å². The summed E-state index contributed by atoms with van der Waals surface area (Å²) in [6.45, 7) is -0.186. The van der Waals surface area contributed by atoms with Gasteiger partial charge in [-0.3, -0.25) is 9.78 Å². The molecule has 1 aliphatic heterocycles. The van der Waals surface area contributed by atoms with E-state index < -0.39 is 12.1 Å². The minimum Gasteiger partial charge on any atom is -0.394 e. The number of carbonyl (C=O) groups excluding carboxylic acids is 1. The van der Waals surface area contributed by atoms with Crippen LogP contribution in [0, 0.1) is 11.3 Å². The van der Waals surface area contributed by atoms with Crippen molar-refractivity contribution in [3.05, 3.63) is 90.3 Å². The maximum atomic E-state index is 12.9. The lowest BCUT2D eigenvalue weighted by Gasteiger charge is -2.52. The number of nitrogens with zero attached hydrogens (tertiary/aromatic N) is 3. The number of nitriles is 1. The van der Waals surface area contributed by atoms with Crippen molar-refractivity contribution < 1.29 is 9.90 Å². The molecular weight excluding hydrogens is 362 g/mol. The standard InChI is InChI=1S/C24H21N3O2/c25-15-21-24(20-9-5-4-8-19(20)18-6-2-1-3-7-18)22(16-28)27(21)23(29)14-17-10-12-26-13-11-17/h1-13,21-22,24,28H,14,16H2/t21-,22+,24-/m0/s1. The molecule has 4 rings (SSSR count). The van der Waals surface area contributed by atoms with Gasteiger partial charge in [0, 0.05) is 18.3 Å². The first-order chi connectivity index (χ1) is 14.2. The maximum Gasteiger partial charge on any atom is 0.228 e. The molecule has 1 N–H and O–H groups in total. The lowest BCUT2D eigenvalue weighted by molar-refractivity contribution is -0.146.